The number of ether oxygens (including phenoxy) is 2. The molecule has 0 radical (unpaired) electrons. The van der Waals surface area contributed by atoms with E-state index in [1.807, 2.05) is 25.1 Å². The highest BCUT2D eigenvalue weighted by atomic mass is 32.1. The number of hydrogen-bond acceptors (Lipinski definition) is 5. The van der Waals surface area contributed by atoms with Gasteiger partial charge >= 0.3 is 0 Å². The van der Waals surface area contributed by atoms with Crippen LogP contribution in [0.15, 0.2) is 40.7 Å². The van der Waals surface area contributed by atoms with E-state index in [1.54, 1.807) is 18.4 Å². The van der Waals surface area contributed by atoms with Gasteiger partial charge in [0.1, 0.15) is 6.61 Å². The smallest absolute Gasteiger partial charge is 0.191 e. The van der Waals surface area contributed by atoms with Gasteiger partial charge in [-0.2, -0.15) is 0 Å². The van der Waals surface area contributed by atoms with E-state index in [4.69, 9.17) is 14.6 Å². The molecule has 0 saturated carbocycles. The molecular formula is C19H27N3O3S. The summed E-state index contributed by atoms with van der Waals surface area (Å²) >= 11 is 1.77. The van der Waals surface area contributed by atoms with Gasteiger partial charge in [-0.1, -0.05) is 12.1 Å². The van der Waals surface area contributed by atoms with E-state index in [2.05, 4.69) is 33.1 Å². The van der Waals surface area contributed by atoms with Crippen molar-refractivity contribution >= 4 is 17.3 Å². The lowest BCUT2D eigenvalue weighted by Crippen LogP contribution is -2.38. The van der Waals surface area contributed by atoms with E-state index in [1.165, 1.54) is 4.88 Å². The standard InChI is InChI=1S/C19H27N3O3S/c1-3-20-19(21-9-8-16-5-4-12-26-16)22-14-15-6-7-17(25-11-10-23)18(13-15)24-2/h4-7,12-13,23H,3,8-11,14H2,1-2H3,(H2,20,21,22). The molecule has 0 aliphatic heterocycles. The minimum atomic E-state index is -0.0294. The lowest BCUT2D eigenvalue weighted by Gasteiger charge is -2.12. The Balaban J connectivity index is 1.94. The number of guanidine groups is 1. The first-order valence-corrected chi connectivity index (χ1v) is 9.60. The Hall–Kier alpha value is -2.25. The molecule has 0 atom stereocenters. The van der Waals surface area contributed by atoms with Gasteiger partial charge in [0.25, 0.3) is 0 Å². The second-order valence-corrected chi connectivity index (χ2v) is 6.54. The molecule has 0 fully saturated rings. The molecule has 1 heterocycles. The molecule has 0 saturated heterocycles. The predicted octanol–water partition coefficient (Wildman–Crippen LogP) is 2.43. The number of rotatable bonds is 10. The summed E-state index contributed by atoms with van der Waals surface area (Å²) < 4.78 is 10.8. The Bertz CT molecular complexity index is 675. The van der Waals surface area contributed by atoms with Crippen LogP contribution in [0.25, 0.3) is 0 Å². The number of thiophene rings is 1. The molecule has 1 aromatic heterocycles. The number of aliphatic hydroxyl groups excluding tert-OH is 1. The predicted molar refractivity (Wildman–Crippen MR) is 106 cm³/mol. The van der Waals surface area contributed by atoms with Crippen LogP contribution in [0.2, 0.25) is 0 Å². The highest BCUT2D eigenvalue weighted by Crippen LogP contribution is 2.28. The van der Waals surface area contributed by atoms with Crippen molar-refractivity contribution in [3.63, 3.8) is 0 Å². The first kappa shape index (κ1) is 20.1. The Labute approximate surface area is 158 Å². The quantitative estimate of drug-likeness (QED) is 0.438. The van der Waals surface area contributed by atoms with Gasteiger partial charge in [-0.25, -0.2) is 4.99 Å². The fraction of sp³-hybridized carbons (Fsp3) is 0.421. The second kappa shape index (κ2) is 11.4. The third-order valence-electron chi connectivity index (χ3n) is 3.58. The lowest BCUT2D eigenvalue weighted by atomic mass is 10.2. The molecule has 26 heavy (non-hydrogen) atoms. The van der Waals surface area contributed by atoms with Crippen LogP contribution in [0.4, 0.5) is 0 Å². The second-order valence-electron chi connectivity index (χ2n) is 5.51. The van der Waals surface area contributed by atoms with Gasteiger partial charge in [-0.3, -0.25) is 0 Å². The first-order chi connectivity index (χ1) is 12.8. The van der Waals surface area contributed by atoms with Crippen molar-refractivity contribution in [2.75, 3.05) is 33.4 Å². The molecule has 3 N–H and O–H groups in total. The molecule has 7 heteroatoms. The molecule has 142 valence electrons. The first-order valence-electron chi connectivity index (χ1n) is 8.72. The van der Waals surface area contributed by atoms with Gasteiger partial charge < -0.3 is 25.2 Å². The highest BCUT2D eigenvalue weighted by Gasteiger charge is 2.06. The summed E-state index contributed by atoms with van der Waals surface area (Å²) in [6.07, 6.45) is 0.979. The van der Waals surface area contributed by atoms with Crippen molar-refractivity contribution in [1.82, 2.24) is 10.6 Å². The fourth-order valence-corrected chi connectivity index (χ4v) is 3.07. The van der Waals surface area contributed by atoms with Crippen LogP contribution in [-0.2, 0) is 13.0 Å². The number of aliphatic hydroxyl groups is 1. The summed E-state index contributed by atoms with van der Waals surface area (Å²) in [7, 11) is 1.60. The number of hydrogen-bond donors (Lipinski definition) is 3. The molecule has 0 aliphatic carbocycles. The number of nitrogens with one attached hydrogen (secondary N) is 2. The Morgan fingerprint density at radius 2 is 2.12 bits per heavy atom. The van der Waals surface area contributed by atoms with Crippen LogP contribution in [0.3, 0.4) is 0 Å². The van der Waals surface area contributed by atoms with Crippen LogP contribution in [0.1, 0.15) is 17.4 Å². The van der Waals surface area contributed by atoms with Crippen molar-refractivity contribution in [2.24, 2.45) is 4.99 Å². The molecule has 6 nitrogen and oxygen atoms in total. The van der Waals surface area contributed by atoms with Crippen molar-refractivity contribution in [3.05, 3.63) is 46.2 Å². The van der Waals surface area contributed by atoms with Gasteiger partial charge in [-0.05, 0) is 42.5 Å². The van der Waals surface area contributed by atoms with Crippen molar-refractivity contribution in [3.8, 4) is 11.5 Å². The summed E-state index contributed by atoms with van der Waals surface area (Å²) in [4.78, 5) is 5.99. The maximum atomic E-state index is 8.88. The van der Waals surface area contributed by atoms with Crippen LogP contribution in [0.5, 0.6) is 11.5 Å². The maximum Gasteiger partial charge on any atom is 0.191 e. The molecule has 2 rings (SSSR count). The average Bonchev–Trinajstić information content (AvgIpc) is 3.18. The zero-order valence-electron chi connectivity index (χ0n) is 15.3. The largest absolute Gasteiger partial charge is 0.493 e. The molecule has 0 unspecified atom stereocenters. The molecule has 0 spiro atoms. The summed E-state index contributed by atoms with van der Waals surface area (Å²) in [5.41, 5.74) is 1.02. The van der Waals surface area contributed by atoms with E-state index < -0.39 is 0 Å². The number of nitrogens with zero attached hydrogens (tertiary/aromatic N) is 1. The van der Waals surface area contributed by atoms with Gasteiger partial charge in [0, 0.05) is 18.0 Å². The Morgan fingerprint density at radius 1 is 1.23 bits per heavy atom. The SMILES string of the molecule is CCNC(=NCc1ccc(OCCO)c(OC)c1)NCCc1cccs1. The van der Waals surface area contributed by atoms with Crippen molar-refractivity contribution in [2.45, 2.75) is 19.9 Å². The van der Waals surface area contributed by atoms with E-state index in [0.29, 0.717) is 18.0 Å². The Morgan fingerprint density at radius 3 is 2.81 bits per heavy atom. The third kappa shape index (κ3) is 6.57. The molecule has 0 aliphatic rings. The van der Waals surface area contributed by atoms with Gasteiger partial charge in [0.2, 0.25) is 0 Å². The summed E-state index contributed by atoms with van der Waals surface area (Å²) in [6.45, 7) is 4.44. The van der Waals surface area contributed by atoms with Gasteiger partial charge in [-0.15, -0.1) is 11.3 Å². The normalized spacial score (nSPS) is 11.3. The van der Waals surface area contributed by atoms with Crippen molar-refractivity contribution < 1.29 is 14.6 Å². The molecule has 1 aromatic carbocycles. The van der Waals surface area contributed by atoms with E-state index in [9.17, 15) is 0 Å². The summed E-state index contributed by atoms with van der Waals surface area (Å²) in [6, 6.07) is 9.92. The average molecular weight is 378 g/mol. The third-order valence-corrected chi connectivity index (χ3v) is 4.52. The van der Waals surface area contributed by atoms with E-state index in [-0.39, 0.29) is 13.2 Å². The van der Waals surface area contributed by atoms with Crippen molar-refractivity contribution in [1.29, 1.82) is 0 Å². The molecule has 0 bridgehead atoms. The summed E-state index contributed by atoms with van der Waals surface area (Å²) in [5, 5.41) is 17.6. The molecule has 2 aromatic rings. The van der Waals surface area contributed by atoms with Crippen LogP contribution in [-0.4, -0.2) is 44.5 Å². The molecular weight excluding hydrogens is 350 g/mol. The van der Waals surface area contributed by atoms with E-state index >= 15 is 0 Å². The fourth-order valence-electron chi connectivity index (χ4n) is 2.36. The van der Waals surface area contributed by atoms with Gasteiger partial charge in [0.15, 0.2) is 17.5 Å². The zero-order valence-corrected chi connectivity index (χ0v) is 16.1. The number of benzene rings is 1. The van der Waals surface area contributed by atoms with E-state index in [0.717, 1.165) is 31.0 Å². The topological polar surface area (TPSA) is 75.1 Å². The maximum absolute atomic E-state index is 8.88. The minimum absolute atomic E-state index is 0.0294. The monoisotopic (exact) mass is 377 g/mol. The lowest BCUT2D eigenvalue weighted by molar-refractivity contribution is 0.196. The van der Waals surface area contributed by atoms with Crippen LogP contribution < -0.4 is 20.1 Å². The highest BCUT2D eigenvalue weighted by molar-refractivity contribution is 7.09. The Kier molecular flexibility index (Phi) is 8.78. The van der Waals surface area contributed by atoms with Crippen LogP contribution >= 0.6 is 11.3 Å². The number of methoxy groups -OCH3 is 1. The van der Waals surface area contributed by atoms with Crippen LogP contribution in [0, 0.1) is 0 Å². The number of aliphatic imine (C=N–C) groups is 1. The zero-order chi connectivity index (χ0) is 18.6. The molecule has 0 amide bonds. The van der Waals surface area contributed by atoms with Gasteiger partial charge in [0.05, 0.1) is 20.3 Å². The summed E-state index contributed by atoms with van der Waals surface area (Å²) in [5.74, 6) is 2.06. The minimum Gasteiger partial charge on any atom is -0.493 e.